The van der Waals surface area contributed by atoms with Gasteiger partial charge >= 0.3 is 0 Å². The number of hydrogen-bond donors (Lipinski definition) is 2. The zero-order valence-corrected chi connectivity index (χ0v) is 24.2. The third kappa shape index (κ3) is 4.28. The molecule has 4 heteroatoms. The maximum atomic E-state index is 12.9. The van der Waals surface area contributed by atoms with E-state index in [1.165, 1.54) is 42.3 Å². The number of carbonyl (C=O) groups is 1. The number of benzene rings is 1. The Bertz CT molecular complexity index is 1240. The molecule has 2 fully saturated rings. The summed E-state index contributed by atoms with van der Waals surface area (Å²) in [6.45, 7) is 14.1. The first kappa shape index (κ1) is 26.5. The van der Waals surface area contributed by atoms with Crippen molar-refractivity contribution in [3.63, 3.8) is 0 Å². The molecule has 1 heterocycles. The minimum atomic E-state index is -0.180. The van der Waals surface area contributed by atoms with E-state index >= 15 is 0 Å². The normalized spacial score (nSPS) is 33.2. The van der Waals surface area contributed by atoms with E-state index in [2.05, 4.69) is 76.7 Å². The third-order valence-electron chi connectivity index (χ3n) is 11.4. The number of nitrogens with one attached hydrogen (secondary N) is 1. The number of aryl methyl sites for hydroxylation is 2. The molecule has 0 saturated heterocycles. The van der Waals surface area contributed by atoms with E-state index in [0.717, 1.165) is 31.4 Å². The fraction of sp³-hybridized carbons (Fsp3) is 0.667. The maximum Gasteiger partial charge on any atom is 0.224 e. The molecule has 0 aliphatic heterocycles. The Morgan fingerprint density at radius 1 is 1.05 bits per heavy atom. The van der Waals surface area contributed by atoms with Gasteiger partial charge in [0.2, 0.25) is 5.91 Å². The molecule has 3 aliphatic carbocycles. The largest absolute Gasteiger partial charge is 0.393 e. The van der Waals surface area contributed by atoms with Crippen LogP contribution in [-0.4, -0.2) is 21.7 Å². The van der Waals surface area contributed by atoms with Crippen molar-refractivity contribution in [2.45, 2.75) is 105 Å². The fourth-order valence-electron chi connectivity index (χ4n) is 9.26. The zero-order chi connectivity index (χ0) is 26.8. The molecule has 4 nitrogen and oxygen atoms in total. The minimum Gasteiger partial charge on any atom is -0.393 e. The number of rotatable bonds is 5. The van der Waals surface area contributed by atoms with E-state index in [0.29, 0.717) is 18.3 Å². The van der Waals surface area contributed by atoms with Gasteiger partial charge in [-0.05, 0) is 118 Å². The van der Waals surface area contributed by atoms with Crippen molar-refractivity contribution in [2.24, 2.45) is 35.1 Å². The average molecular weight is 505 g/mol. The summed E-state index contributed by atoms with van der Waals surface area (Å²) in [5.74, 6) is 1.36. The summed E-state index contributed by atoms with van der Waals surface area (Å²) in [5.41, 5.74) is 7.00. The van der Waals surface area contributed by atoms with Crippen LogP contribution in [0.2, 0.25) is 0 Å². The highest BCUT2D eigenvalue weighted by molar-refractivity contribution is 5.94. The van der Waals surface area contributed by atoms with Crippen molar-refractivity contribution in [1.29, 1.82) is 0 Å². The number of aliphatic hydroxyl groups excluding tert-OH is 1. The zero-order valence-electron chi connectivity index (χ0n) is 24.2. The summed E-state index contributed by atoms with van der Waals surface area (Å²) in [4.78, 5) is 12.9. The molecular weight excluding hydrogens is 456 g/mol. The molecule has 0 spiro atoms. The first-order chi connectivity index (χ1) is 17.4. The van der Waals surface area contributed by atoms with Gasteiger partial charge in [0.05, 0.1) is 6.10 Å². The molecule has 3 aliphatic rings. The summed E-state index contributed by atoms with van der Waals surface area (Å²) in [6, 6.07) is 8.36. The fourth-order valence-corrected chi connectivity index (χ4v) is 9.26. The van der Waals surface area contributed by atoms with Crippen LogP contribution in [0.5, 0.6) is 0 Å². The quantitative estimate of drug-likeness (QED) is 0.406. The van der Waals surface area contributed by atoms with Gasteiger partial charge in [0, 0.05) is 35.8 Å². The number of anilines is 1. The number of allylic oxidation sites excluding steroid dienone is 2. The highest BCUT2D eigenvalue weighted by atomic mass is 16.3. The Morgan fingerprint density at radius 2 is 1.81 bits per heavy atom. The van der Waals surface area contributed by atoms with E-state index in [9.17, 15) is 9.90 Å². The van der Waals surface area contributed by atoms with Crippen molar-refractivity contribution in [3.05, 3.63) is 41.1 Å². The molecule has 1 amide bonds. The predicted octanol–water partition coefficient (Wildman–Crippen LogP) is 7.93. The molecular formula is C33H48N2O2. The Balaban J connectivity index is 1.26. The van der Waals surface area contributed by atoms with Crippen molar-refractivity contribution >= 4 is 22.5 Å². The molecule has 1 aromatic carbocycles. The predicted molar refractivity (Wildman–Crippen MR) is 154 cm³/mol. The van der Waals surface area contributed by atoms with Crippen LogP contribution in [0, 0.1) is 35.0 Å². The molecule has 5 rings (SSSR count). The number of aliphatic hydroxyl groups is 1. The van der Waals surface area contributed by atoms with Crippen LogP contribution in [0.25, 0.3) is 10.9 Å². The van der Waals surface area contributed by atoms with E-state index in [1.54, 1.807) is 11.1 Å². The summed E-state index contributed by atoms with van der Waals surface area (Å²) in [6.07, 6.45) is 9.24. The summed E-state index contributed by atoms with van der Waals surface area (Å²) < 4.78 is 2.18. The van der Waals surface area contributed by atoms with Crippen molar-refractivity contribution in [1.82, 2.24) is 4.57 Å². The summed E-state index contributed by atoms with van der Waals surface area (Å²) in [5, 5.41) is 15.2. The van der Waals surface area contributed by atoms with Gasteiger partial charge in [0.25, 0.3) is 0 Å². The number of hydrogen-bond acceptors (Lipinski definition) is 2. The molecule has 2 aromatic rings. The lowest BCUT2D eigenvalue weighted by molar-refractivity contribution is -0.167. The van der Waals surface area contributed by atoms with Crippen LogP contribution < -0.4 is 5.32 Å². The lowest BCUT2D eigenvalue weighted by Gasteiger charge is -2.65. The van der Waals surface area contributed by atoms with Crippen LogP contribution in [0.1, 0.15) is 98.1 Å². The van der Waals surface area contributed by atoms with E-state index in [4.69, 9.17) is 0 Å². The molecule has 0 radical (unpaired) electrons. The molecule has 2 N–H and O–H groups in total. The van der Waals surface area contributed by atoms with E-state index in [1.807, 2.05) is 6.07 Å². The Hall–Kier alpha value is -2.07. The van der Waals surface area contributed by atoms with Gasteiger partial charge in [-0.25, -0.2) is 0 Å². The second-order valence-electron chi connectivity index (χ2n) is 13.8. The maximum absolute atomic E-state index is 12.9. The highest BCUT2D eigenvalue weighted by Gasteiger charge is 2.61. The van der Waals surface area contributed by atoms with Crippen LogP contribution in [-0.2, 0) is 11.8 Å². The summed E-state index contributed by atoms with van der Waals surface area (Å²) >= 11 is 0. The number of aromatic nitrogens is 1. The van der Waals surface area contributed by atoms with E-state index in [-0.39, 0.29) is 28.3 Å². The molecule has 2 saturated carbocycles. The summed E-state index contributed by atoms with van der Waals surface area (Å²) in [7, 11) is 2.08. The molecule has 5 atom stereocenters. The van der Waals surface area contributed by atoms with Crippen molar-refractivity contribution in [2.75, 3.05) is 5.32 Å². The molecule has 0 bridgehead atoms. The standard InChI is InChI=1S/C33H48N2O2/c1-21-11-14-28-32(5,17-15-27-31(3,4)29(36)16-18-33(27,28)6)25(21)9-8-10-30(37)34-24-12-13-26-23(20-24)19-22(2)35(26)7/h12-13,19-20,27-29,36H,8-11,14-18H2,1-7H3,(H,34,37)/t27-,28-,29-,32-,33-/m0/s1. The molecule has 1 aromatic heterocycles. The second kappa shape index (κ2) is 9.29. The molecule has 202 valence electrons. The first-order valence-electron chi connectivity index (χ1n) is 14.6. The number of amides is 1. The lowest BCUT2D eigenvalue weighted by atomic mass is 9.40. The monoisotopic (exact) mass is 504 g/mol. The van der Waals surface area contributed by atoms with Crippen LogP contribution in [0.3, 0.4) is 0 Å². The SMILES string of the molecule is CC1=C(CCCC(=O)Nc2ccc3c(c2)cc(C)n3C)[C@]2(C)CC[C@H]3C(C)(C)[C@@H](O)CC[C@]3(C)[C@H]2CC1. The van der Waals surface area contributed by atoms with Gasteiger partial charge < -0.3 is 15.0 Å². The highest BCUT2D eigenvalue weighted by Crippen LogP contribution is 2.68. The lowest BCUT2D eigenvalue weighted by Crippen LogP contribution is -2.59. The van der Waals surface area contributed by atoms with Gasteiger partial charge in [-0.2, -0.15) is 0 Å². The minimum absolute atomic E-state index is 0.00967. The Labute approximate surface area is 223 Å². The van der Waals surface area contributed by atoms with Crippen molar-refractivity contribution < 1.29 is 9.90 Å². The average Bonchev–Trinajstić information content (AvgIpc) is 3.11. The third-order valence-corrected chi connectivity index (χ3v) is 11.4. The number of nitrogens with zero attached hydrogens (tertiary/aromatic N) is 1. The topological polar surface area (TPSA) is 54.3 Å². The molecule has 0 unspecified atom stereocenters. The van der Waals surface area contributed by atoms with E-state index < -0.39 is 0 Å². The van der Waals surface area contributed by atoms with Gasteiger partial charge in [-0.1, -0.05) is 38.8 Å². The molecule has 37 heavy (non-hydrogen) atoms. The van der Waals surface area contributed by atoms with Gasteiger partial charge in [0.15, 0.2) is 0 Å². The smallest absolute Gasteiger partial charge is 0.224 e. The second-order valence-corrected chi connectivity index (χ2v) is 13.8. The van der Waals surface area contributed by atoms with Crippen molar-refractivity contribution in [3.8, 4) is 0 Å². The van der Waals surface area contributed by atoms with Crippen LogP contribution in [0.4, 0.5) is 5.69 Å². The van der Waals surface area contributed by atoms with Gasteiger partial charge in [0.1, 0.15) is 0 Å². The van der Waals surface area contributed by atoms with Crippen LogP contribution >= 0.6 is 0 Å². The van der Waals surface area contributed by atoms with Gasteiger partial charge in [-0.3, -0.25) is 4.79 Å². The van der Waals surface area contributed by atoms with Crippen LogP contribution in [0.15, 0.2) is 35.4 Å². The Morgan fingerprint density at radius 3 is 2.57 bits per heavy atom. The van der Waals surface area contributed by atoms with Gasteiger partial charge in [-0.15, -0.1) is 0 Å². The Kier molecular flexibility index (Phi) is 6.66. The number of fused-ring (bicyclic) bond motifs is 4. The first-order valence-corrected chi connectivity index (χ1v) is 14.6. The number of carbonyl (C=O) groups excluding carboxylic acids is 1.